The third-order valence-corrected chi connectivity index (χ3v) is 3.45. The SMILES string of the molecule is Cc1cc(Br)cc2c1cnn2C(C)N(C)C. The van der Waals surface area contributed by atoms with E-state index in [4.69, 9.17) is 0 Å². The Balaban J connectivity index is 2.64. The molecule has 0 N–H and O–H groups in total. The maximum atomic E-state index is 4.47. The van der Waals surface area contributed by atoms with Crippen LogP contribution < -0.4 is 0 Å². The van der Waals surface area contributed by atoms with E-state index in [1.54, 1.807) is 0 Å². The predicted molar refractivity (Wildman–Crippen MR) is 70.6 cm³/mol. The maximum absolute atomic E-state index is 4.47. The molecule has 2 rings (SSSR count). The molecule has 2 aromatic rings. The molecular weight excluding hydrogens is 266 g/mol. The molecule has 86 valence electrons. The molecule has 0 saturated carbocycles. The van der Waals surface area contributed by atoms with Crippen LogP contribution in [0.5, 0.6) is 0 Å². The molecule has 0 bridgehead atoms. The number of aryl methyl sites for hydroxylation is 1. The van der Waals surface area contributed by atoms with E-state index in [-0.39, 0.29) is 6.17 Å². The van der Waals surface area contributed by atoms with Crippen LogP contribution in [0.3, 0.4) is 0 Å². The van der Waals surface area contributed by atoms with Crippen molar-refractivity contribution >= 4 is 26.8 Å². The molecule has 1 unspecified atom stereocenters. The summed E-state index contributed by atoms with van der Waals surface area (Å²) in [6.45, 7) is 4.25. The molecule has 0 aliphatic carbocycles. The number of benzene rings is 1. The highest BCUT2D eigenvalue weighted by atomic mass is 79.9. The lowest BCUT2D eigenvalue weighted by molar-refractivity contribution is 0.226. The molecule has 16 heavy (non-hydrogen) atoms. The van der Waals surface area contributed by atoms with Crippen molar-refractivity contribution in [2.24, 2.45) is 0 Å². The van der Waals surface area contributed by atoms with Gasteiger partial charge in [0.2, 0.25) is 0 Å². The van der Waals surface area contributed by atoms with Gasteiger partial charge in [0.15, 0.2) is 0 Å². The Hall–Kier alpha value is -0.870. The minimum Gasteiger partial charge on any atom is -0.288 e. The summed E-state index contributed by atoms with van der Waals surface area (Å²) in [6, 6.07) is 4.24. The second kappa shape index (κ2) is 4.18. The van der Waals surface area contributed by atoms with Gasteiger partial charge in [0.25, 0.3) is 0 Å². The van der Waals surface area contributed by atoms with Crippen LogP contribution in [0.25, 0.3) is 10.9 Å². The first-order valence-electron chi connectivity index (χ1n) is 5.30. The molecule has 0 aliphatic rings. The minimum absolute atomic E-state index is 0.256. The standard InChI is InChI=1S/C12H16BrN3/c1-8-5-10(13)6-12-11(8)7-14-16(12)9(2)15(3)4/h5-7,9H,1-4H3. The van der Waals surface area contributed by atoms with Crippen molar-refractivity contribution in [3.05, 3.63) is 28.4 Å². The van der Waals surface area contributed by atoms with Crippen molar-refractivity contribution < 1.29 is 0 Å². The van der Waals surface area contributed by atoms with E-state index in [2.05, 4.69) is 66.0 Å². The van der Waals surface area contributed by atoms with Crippen LogP contribution >= 0.6 is 15.9 Å². The number of fused-ring (bicyclic) bond motifs is 1. The van der Waals surface area contributed by atoms with Crippen molar-refractivity contribution in [1.82, 2.24) is 14.7 Å². The number of hydrogen-bond acceptors (Lipinski definition) is 2. The highest BCUT2D eigenvalue weighted by Crippen LogP contribution is 2.25. The van der Waals surface area contributed by atoms with Gasteiger partial charge in [0.1, 0.15) is 6.17 Å². The van der Waals surface area contributed by atoms with Crippen LogP contribution in [0, 0.1) is 6.92 Å². The largest absolute Gasteiger partial charge is 0.288 e. The van der Waals surface area contributed by atoms with E-state index in [1.165, 1.54) is 16.5 Å². The molecule has 0 spiro atoms. The third kappa shape index (κ3) is 1.87. The van der Waals surface area contributed by atoms with Crippen LogP contribution in [0.4, 0.5) is 0 Å². The van der Waals surface area contributed by atoms with Gasteiger partial charge in [-0.25, -0.2) is 4.68 Å². The number of hydrogen-bond donors (Lipinski definition) is 0. The first kappa shape index (κ1) is 11.6. The average Bonchev–Trinajstić information content (AvgIpc) is 2.60. The van der Waals surface area contributed by atoms with Crippen molar-refractivity contribution in [1.29, 1.82) is 0 Å². The maximum Gasteiger partial charge on any atom is 0.101 e. The monoisotopic (exact) mass is 281 g/mol. The molecule has 0 saturated heterocycles. The van der Waals surface area contributed by atoms with Crippen molar-refractivity contribution in [2.45, 2.75) is 20.0 Å². The first-order valence-corrected chi connectivity index (χ1v) is 6.10. The molecule has 0 amide bonds. The van der Waals surface area contributed by atoms with Gasteiger partial charge in [0, 0.05) is 9.86 Å². The Labute approximate surface area is 104 Å². The van der Waals surface area contributed by atoms with Gasteiger partial charge < -0.3 is 0 Å². The second-order valence-corrected chi connectivity index (χ2v) is 5.26. The van der Waals surface area contributed by atoms with Crippen LogP contribution in [0.15, 0.2) is 22.8 Å². The number of nitrogens with zero attached hydrogens (tertiary/aromatic N) is 3. The van der Waals surface area contributed by atoms with Gasteiger partial charge >= 0.3 is 0 Å². The van der Waals surface area contributed by atoms with E-state index in [1.807, 2.05) is 10.9 Å². The van der Waals surface area contributed by atoms with Gasteiger partial charge in [-0.2, -0.15) is 5.10 Å². The lowest BCUT2D eigenvalue weighted by Crippen LogP contribution is -2.23. The fourth-order valence-corrected chi connectivity index (χ4v) is 2.35. The fourth-order valence-electron chi connectivity index (χ4n) is 1.79. The molecule has 0 radical (unpaired) electrons. The Morgan fingerprint density at radius 3 is 2.69 bits per heavy atom. The summed E-state index contributed by atoms with van der Waals surface area (Å²) in [4.78, 5) is 2.14. The third-order valence-electron chi connectivity index (χ3n) is 2.99. The summed E-state index contributed by atoms with van der Waals surface area (Å²) in [7, 11) is 4.12. The quantitative estimate of drug-likeness (QED) is 0.843. The predicted octanol–water partition coefficient (Wildman–Crippen LogP) is 3.19. The summed E-state index contributed by atoms with van der Waals surface area (Å²) in [6.07, 6.45) is 2.20. The van der Waals surface area contributed by atoms with Crippen LogP contribution in [-0.2, 0) is 0 Å². The Morgan fingerprint density at radius 1 is 1.38 bits per heavy atom. The second-order valence-electron chi connectivity index (χ2n) is 4.34. The van der Waals surface area contributed by atoms with Crippen LogP contribution in [0.1, 0.15) is 18.7 Å². The molecule has 0 fully saturated rings. The fraction of sp³-hybridized carbons (Fsp3) is 0.417. The average molecular weight is 282 g/mol. The van der Waals surface area contributed by atoms with Gasteiger partial charge in [0.05, 0.1) is 11.7 Å². The highest BCUT2D eigenvalue weighted by molar-refractivity contribution is 9.10. The molecule has 1 aromatic heterocycles. The van der Waals surface area contributed by atoms with Gasteiger partial charge in [-0.15, -0.1) is 0 Å². The van der Waals surface area contributed by atoms with Gasteiger partial charge in [-0.05, 0) is 45.6 Å². The number of halogens is 1. The zero-order valence-electron chi connectivity index (χ0n) is 10.0. The smallest absolute Gasteiger partial charge is 0.101 e. The molecule has 1 aromatic carbocycles. The van der Waals surface area contributed by atoms with Crippen molar-refractivity contribution in [3.8, 4) is 0 Å². The van der Waals surface area contributed by atoms with Crippen LogP contribution in [-0.4, -0.2) is 28.8 Å². The summed E-state index contributed by atoms with van der Waals surface area (Å²) in [5.41, 5.74) is 2.43. The lowest BCUT2D eigenvalue weighted by Gasteiger charge is -2.21. The van der Waals surface area contributed by atoms with E-state index < -0.39 is 0 Å². The van der Waals surface area contributed by atoms with Crippen molar-refractivity contribution in [3.63, 3.8) is 0 Å². The summed E-state index contributed by atoms with van der Waals surface area (Å²) in [5, 5.41) is 5.69. The normalized spacial score (nSPS) is 13.6. The van der Waals surface area contributed by atoms with Crippen molar-refractivity contribution in [2.75, 3.05) is 14.1 Å². The van der Waals surface area contributed by atoms with Crippen LogP contribution in [0.2, 0.25) is 0 Å². The summed E-state index contributed by atoms with van der Waals surface area (Å²) >= 11 is 3.53. The molecule has 0 aliphatic heterocycles. The number of aromatic nitrogens is 2. The molecule has 1 heterocycles. The highest BCUT2D eigenvalue weighted by Gasteiger charge is 2.12. The van der Waals surface area contributed by atoms with E-state index in [9.17, 15) is 0 Å². The lowest BCUT2D eigenvalue weighted by atomic mass is 10.1. The Morgan fingerprint density at radius 2 is 2.06 bits per heavy atom. The van der Waals surface area contributed by atoms with Gasteiger partial charge in [-0.1, -0.05) is 15.9 Å². The Kier molecular flexibility index (Phi) is 3.04. The summed E-state index contributed by atoms with van der Waals surface area (Å²) in [5.74, 6) is 0. The van der Waals surface area contributed by atoms with E-state index in [0.29, 0.717) is 0 Å². The van der Waals surface area contributed by atoms with E-state index >= 15 is 0 Å². The molecule has 4 heteroatoms. The first-order chi connectivity index (χ1) is 7.50. The topological polar surface area (TPSA) is 21.1 Å². The van der Waals surface area contributed by atoms with Gasteiger partial charge in [-0.3, -0.25) is 4.90 Å². The zero-order valence-corrected chi connectivity index (χ0v) is 11.6. The Bertz CT molecular complexity index is 516. The molecular formula is C12H16BrN3. The van der Waals surface area contributed by atoms with E-state index in [0.717, 1.165) is 4.47 Å². The zero-order chi connectivity index (χ0) is 11.9. The molecule has 1 atom stereocenters. The minimum atomic E-state index is 0.256. The number of rotatable bonds is 2. The molecule has 3 nitrogen and oxygen atoms in total. The summed E-state index contributed by atoms with van der Waals surface area (Å²) < 4.78 is 3.15.